The van der Waals surface area contributed by atoms with Crippen molar-refractivity contribution in [3.8, 4) is 16.9 Å². The van der Waals surface area contributed by atoms with E-state index in [4.69, 9.17) is 4.74 Å². The number of nitrogens with zero attached hydrogens (tertiary/aromatic N) is 1. The van der Waals surface area contributed by atoms with Crippen molar-refractivity contribution in [3.05, 3.63) is 95.4 Å². The second-order valence-corrected chi connectivity index (χ2v) is 12.6. The smallest absolute Gasteiger partial charge is 0.252 e. The van der Waals surface area contributed by atoms with Gasteiger partial charge in [0.05, 0.1) is 11.1 Å². The molecule has 1 aliphatic carbocycles. The first-order valence-corrected chi connectivity index (χ1v) is 13.8. The minimum Gasteiger partial charge on any atom is -0.492 e. The molecule has 2 N–H and O–H groups in total. The molecule has 5 nitrogen and oxygen atoms in total. The standard InChI is InChI=1S/C30H30FN3O2Si/c1-19-4-9-23(36-18-30(37)12-14-33-30)17-25(19)28(35)34-29(10-11-29)26-15-21(20-5-7-22(31)8-6-20)16-27-24(26)3-2-13-32-27/h2-9,13,15-17,33H,10-12,14,18H2,1,37H3,(H,34,35)/t30-/m1/s1. The van der Waals surface area contributed by atoms with E-state index >= 15 is 0 Å². The Labute approximate surface area is 218 Å². The molecule has 2 heterocycles. The molecule has 1 saturated heterocycles. The molecule has 3 aromatic carbocycles. The highest BCUT2D eigenvalue weighted by Gasteiger charge is 2.47. The fourth-order valence-corrected chi connectivity index (χ4v) is 5.76. The van der Waals surface area contributed by atoms with Gasteiger partial charge in [-0.25, -0.2) is 4.39 Å². The quantitative estimate of drug-likeness (QED) is 0.365. The highest BCUT2D eigenvalue weighted by molar-refractivity contribution is 6.16. The second-order valence-electron chi connectivity index (χ2n) is 10.6. The maximum absolute atomic E-state index is 13.6. The van der Waals surface area contributed by atoms with Crippen molar-refractivity contribution in [2.75, 3.05) is 13.2 Å². The average molecular weight is 512 g/mol. The van der Waals surface area contributed by atoms with Gasteiger partial charge in [-0.15, -0.1) is 0 Å². The number of hydrogen-bond acceptors (Lipinski definition) is 4. The predicted molar refractivity (Wildman–Crippen MR) is 147 cm³/mol. The van der Waals surface area contributed by atoms with Crippen molar-refractivity contribution in [2.45, 2.75) is 36.9 Å². The van der Waals surface area contributed by atoms with Gasteiger partial charge in [-0.3, -0.25) is 9.78 Å². The van der Waals surface area contributed by atoms with Crippen molar-refractivity contribution < 1.29 is 13.9 Å². The normalized spacial score (nSPS) is 19.8. The minimum absolute atomic E-state index is 0.105. The summed E-state index contributed by atoms with van der Waals surface area (Å²) >= 11 is 0. The number of ether oxygens (including phenoxy) is 1. The number of amides is 1. The number of nitrogens with one attached hydrogen (secondary N) is 2. The van der Waals surface area contributed by atoms with Crippen LogP contribution >= 0.6 is 0 Å². The van der Waals surface area contributed by atoms with Crippen LogP contribution in [0.3, 0.4) is 0 Å². The molecule has 0 bridgehead atoms. The van der Waals surface area contributed by atoms with Crippen LogP contribution in [0.25, 0.3) is 22.0 Å². The Balaban J connectivity index is 1.31. The van der Waals surface area contributed by atoms with Crippen molar-refractivity contribution in [3.63, 3.8) is 0 Å². The molecule has 0 radical (unpaired) electrons. The number of rotatable bonds is 7. The van der Waals surface area contributed by atoms with Crippen LogP contribution in [-0.2, 0) is 5.54 Å². The van der Waals surface area contributed by atoms with Crippen LogP contribution in [0.2, 0.25) is 0 Å². The van der Waals surface area contributed by atoms with Crippen LogP contribution in [0.4, 0.5) is 4.39 Å². The first-order chi connectivity index (χ1) is 17.8. The van der Waals surface area contributed by atoms with Gasteiger partial charge in [-0.2, -0.15) is 0 Å². The van der Waals surface area contributed by atoms with E-state index in [1.54, 1.807) is 18.3 Å². The minimum atomic E-state index is -0.466. The van der Waals surface area contributed by atoms with Gasteiger partial charge in [0.15, 0.2) is 0 Å². The summed E-state index contributed by atoms with van der Waals surface area (Å²) in [4.78, 5) is 18.2. The zero-order chi connectivity index (χ0) is 25.6. The third-order valence-corrected chi connectivity index (χ3v) is 8.90. The van der Waals surface area contributed by atoms with E-state index in [-0.39, 0.29) is 16.9 Å². The Morgan fingerprint density at radius 3 is 2.57 bits per heavy atom. The first kappa shape index (κ1) is 23.8. The molecule has 0 spiro atoms. The number of benzene rings is 3. The molecule has 1 aliphatic heterocycles. The Morgan fingerprint density at radius 1 is 1.08 bits per heavy atom. The third kappa shape index (κ3) is 4.65. The summed E-state index contributed by atoms with van der Waals surface area (Å²) in [5.74, 6) is 0.347. The number of hydrogen-bond donors (Lipinski definition) is 2. The molecule has 6 rings (SSSR count). The summed E-state index contributed by atoms with van der Waals surface area (Å²) in [6.07, 6.45) is 4.61. The molecule has 188 valence electrons. The van der Waals surface area contributed by atoms with E-state index in [0.29, 0.717) is 12.2 Å². The van der Waals surface area contributed by atoms with Gasteiger partial charge in [0.1, 0.15) is 18.2 Å². The van der Waals surface area contributed by atoms with Gasteiger partial charge in [0.25, 0.3) is 5.91 Å². The highest BCUT2D eigenvalue weighted by Crippen LogP contribution is 2.49. The Morgan fingerprint density at radius 2 is 1.86 bits per heavy atom. The fourth-order valence-electron chi connectivity index (χ4n) is 5.11. The summed E-state index contributed by atoms with van der Waals surface area (Å²) in [5, 5.41) is 7.97. The molecule has 0 unspecified atom stereocenters. The van der Waals surface area contributed by atoms with Gasteiger partial charge < -0.3 is 15.4 Å². The van der Waals surface area contributed by atoms with Crippen LogP contribution in [0.5, 0.6) is 5.75 Å². The van der Waals surface area contributed by atoms with Gasteiger partial charge in [0, 0.05) is 32.6 Å². The van der Waals surface area contributed by atoms with Crippen LogP contribution in [-0.4, -0.2) is 39.4 Å². The van der Waals surface area contributed by atoms with E-state index in [1.807, 2.05) is 37.3 Å². The summed E-state index contributed by atoms with van der Waals surface area (Å²) in [5.41, 5.74) is 4.84. The third-order valence-electron chi connectivity index (χ3n) is 7.76. The summed E-state index contributed by atoms with van der Waals surface area (Å²) in [6, 6.07) is 20.3. The van der Waals surface area contributed by atoms with Gasteiger partial charge in [-0.05, 0) is 97.4 Å². The lowest BCUT2D eigenvalue weighted by Gasteiger charge is -2.39. The van der Waals surface area contributed by atoms with E-state index in [0.717, 1.165) is 75.0 Å². The van der Waals surface area contributed by atoms with Crippen molar-refractivity contribution >= 4 is 27.1 Å². The lowest BCUT2D eigenvalue weighted by Crippen LogP contribution is -2.61. The molecule has 37 heavy (non-hydrogen) atoms. The molecule has 2 fully saturated rings. The van der Waals surface area contributed by atoms with Crippen molar-refractivity contribution in [1.82, 2.24) is 15.6 Å². The number of halogens is 1. The largest absolute Gasteiger partial charge is 0.492 e. The second kappa shape index (κ2) is 9.08. The number of fused-ring (bicyclic) bond motifs is 1. The van der Waals surface area contributed by atoms with Crippen molar-refractivity contribution in [2.24, 2.45) is 0 Å². The molecule has 1 aromatic heterocycles. The number of pyridine rings is 1. The summed E-state index contributed by atoms with van der Waals surface area (Å²) in [7, 11) is 1.02. The van der Waals surface area contributed by atoms with Gasteiger partial charge in [0.2, 0.25) is 0 Å². The molecular formula is C30H30FN3O2Si. The Kier molecular flexibility index (Phi) is 5.85. The maximum atomic E-state index is 13.6. The molecule has 2 aliphatic rings. The van der Waals surface area contributed by atoms with E-state index in [9.17, 15) is 9.18 Å². The molecule has 1 atom stereocenters. The first-order valence-electron chi connectivity index (χ1n) is 12.8. The maximum Gasteiger partial charge on any atom is 0.252 e. The molecule has 1 saturated carbocycles. The van der Waals surface area contributed by atoms with Gasteiger partial charge in [-0.1, -0.05) is 24.3 Å². The Bertz CT molecular complexity index is 1500. The Hall–Kier alpha value is -3.55. The topological polar surface area (TPSA) is 63.2 Å². The monoisotopic (exact) mass is 511 g/mol. The van der Waals surface area contributed by atoms with Crippen LogP contribution < -0.4 is 15.4 Å². The highest BCUT2D eigenvalue weighted by atomic mass is 28.1. The van der Waals surface area contributed by atoms with E-state index in [2.05, 4.69) is 27.8 Å². The lowest BCUT2D eigenvalue weighted by atomic mass is 9.93. The molecule has 7 heteroatoms. The molecule has 1 amide bonds. The predicted octanol–water partition coefficient (Wildman–Crippen LogP) is 4.20. The van der Waals surface area contributed by atoms with Crippen LogP contribution in [0.1, 0.15) is 40.7 Å². The van der Waals surface area contributed by atoms with E-state index in [1.165, 1.54) is 12.1 Å². The van der Waals surface area contributed by atoms with Crippen LogP contribution in [0, 0.1) is 12.7 Å². The average Bonchev–Trinajstić information content (AvgIpc) is 3.67. The fraction of sp³-hybridized carbons (Fsp3) is 0.267. The van der Waals surface area contributed by atoms with Crippen LogP contribution in [0.15, 0.2) is 72.9 Å². The summed E-state index contributed by atoms with van der Waals surface area (Å²) < 4.78 is 19.6. The van der Waals surface area contributed by atoms with Crippen molar-refractivity contribution in [1.29, 1.82) is 0 Å². The SMILES string of the molecule is Cc1ccc(OC[C@]2([SiH3])CCN2)cc1C(=O)NC1(c2cc(-c3ccc(F)cc3)cc3ncccc23)CC1. The van der Waals surface area contributed by atoms with E-state index < -0.39 is 5.54 Å². The zero-order valence-electron chi connectivity index (χ0n) is 21.1. The zero-order valence-corrected chi connectivity index (χ0v) is 23.1. The number of carbonyl (C=O) groups is 1. The number of aromatic nitrogens is 1. The molecule has 4 aromatic rings. The summed E-state index contributed by atoms with van der Waals surface area (Å²) in [6.45, 7) is 3.62. The number of aryl methyl sites for hydroxylation is 1. The lowest BCUT2D eigenvalue weighted by molar-refractivity contribution is 0.0930. The van der Waals surface area contributed by atoms with Gasteiger partial charge >= 0.3 is 0 Å². The molecular weight excluding hydrogens is 481 g/mol. The number of carbonyl (C=O) groups excluding carboxylic acids is 1.